The van der Waals surface area contributed by atoms with Crippen molar-refractivity contribution in [2.45, 2.75) is 141 Å². The number of nitrogen functional groups attached to an aromatic ring is 1. The summed E-state index contributed by atoms with van der Waals surface area (Å²) in [6, 6.07) is 8.82. The minimum atomic E-state index is -1.14. The Morgan fingerprint density at radius 1 is 1.08 bits per heavy atom. The molecule has 5 aliphatic rings. The molecule has 0 spiro atoms. The zero-order valence-corrected chi connectivity index (χ0v) is 38.6. The van der Waals surface area contributed by atoms with Crippen LogP contribution in [0.1, 0.15) is 79.5 Å². The number of nitrogens with two attached hydrogens (primary N) is 1. The summed E-state index contributed by atoms with van der Waals surface area (Å²) in [5, 5.41) is 16.4. The fourth-order valence-electron chi connectivity index (χ4n) is 10.6. The van der Waals surface area contributed by atoms with Gasteiger partial charge >= 0.3 is 12.1 Å². The summed E-state index contributed by atoms with van der Waals surface area (Å²) in [5.74, 6) is -1.84. The van der Waals surface area contributed by atoms with E-state index in [0.717, 1.165) is 21.2 Å². The van der Waals surface area contributed by atoms with Crippen LogP contribution in [0, 0.1) is 23.7 Å². The van der Waals surface area contributed by atoms with Gasteiger partial charge in [-0.25, -0.2) is 9.78 Å². The number of aliphatic hydroxyl groups excluding tert-OH is 1. The van der Waals surface area contributed by atoms with Crippen LogP contribution >= 0.6 is 11.3 Å². The summed E-state index contributed by atoms with van der Waals surface area (Å²) in [4.78, 5) is 49.4. The minimum Gasteiger partial charge on any atom is -0.458 e. The first-order valence-electron chi connectivity index (χ1n) is 22.1. The van der Waals surface area contributed by atoms with Crippen molar-refractivity contribution in [2.24, 2.45) is 33.8 Å². The topological polar surface area (TPSA) is 189 Å². The number of likely N-dealkylation sites (N-methyl/N-ethyl adjacent to an activating group) is 1. The maximum atomic E-state index is 14.6. The summed E-state index contributed by atoms with van der Waals surface area (Å²) in [5.41, 5.74) is 5.86. The van der Waals surface area contributed by atoms with Gasteiger partial charge in [0.25, 0.3) is 0 Å². The van der Waals surface area contributed by atoms with Crippen molar-refractivity contribution >= 4 is 40.6 Å². The number of hydrogen-bond acceptors (Lipinski definition) is 16. The Balaban J connectivity index is 1.27. The number of cyclic esters (lactones) is 1. The molecule has 4 bridgehead atoms. The Labute approximate surface area is 369 Å². The lowest BCUT2D eigenvalue weighted by atomic mass is 9.72. The van der Waals surface area contributed by atoms with Gasteiger partial charge < -0.3 is 49.0 Å². The van der Waals surface area contributed by atoms with Crippen molar-refractivity contribution in [2.75, 3.05) is 46.1 Å². The number of fused-ring (bicyclic) bond motifs is 4. The number of hydrogen-bond donors (Lipinski definition) is 2. The normalized spacial score (nSPS) is 38.9. The van der Waals surface area contributed by atoms with Gasteiger partial charge in [-0.15, -0.1) is 11.3 Å². The number of esters is 1. The molecule has 0 saturated carbocycles. The van der Waals surface area contributed by atoms with Crippen molar-refractivity contribution < 1.29 is 48.0 Å². The summed E-state index contributed by atoms with van der Waals surface area (Å²) in [6.45, 7) is 16.8. The predicted molar refractivity (Wildman–Crippen MR) is 235 cm³/mol. The molecule has 342 valence electrons. The molecule has 4 fully saturated rings. The van der Waals surface area contributed by atoms with Crippen LogP contribution < -0.4 is 5.73 Å². The van der Waals surface area contributed by atoms with Gasteiger partial charge in [0, 0.05) is 35.0 Å². The first kappa shape index (κ1) is 46.3. The minimum absolute atomic E-state index is 0.0104. The molecule has 17 heteroatoms. The number of aromatic nitrogens is 1. The molecular weight excluding hydrogens is 817 g/mol. The smallest absolute Gasteiger partial charge is 0.410 e. The van der Waals surface area contributed by atoms with E-state index in [0.29, 0.717) is 43.9 Å². The van der Waals surface area contributed by atoms with E-state index in [4.69, 9.17) is 44.0 Å². The van der Waals surface area contributed by atoms with Crippen LogP contribution in [0.15, 0.2) is 40.5 Å². The molecule has 0 aromatic carbocycles. The lowest BCUT2D eigenvalue weighted by molar-refractivity contribution is -0.302. The molecule has 7 rings (SSSR count). The van der Waals surface area contributed by atoms with Crippen LogP contribution in [0.25, 0.3) is 10.6 Å². The van der Waals surface area contributed by atoms with Gasteiger partial charge in [-0.3, -0.25) is 14.7 Å². The monoisotopic (exact) mass is 882 g/mol. The Morgan fingerprint density at radius 3 is 2.58 bits per heavy atom. The SMILES string of the molecule is CC[C@H]1OC(=O)[C@H](C)[C@H]2OC/C(=N\OCc3ccc(-c4cccc(N)n4)s3)CO[C@](C)(C[C@@H](C)C3=NCCN4C(=O)O[C@@]1(C)[C@H]4[C@H]3C)[C@H](O[C@H]1O[C@@H](C)C[C@@H](N(C)C)[C@@H]1O)[C@H]2C. The third-order valence-corrected chi connectivity index (χ3v) is 14.7. The van der Waals surface area contributed by atoms with Crippen molar-refractivity contribution in [1.82, 2.24) is 14.8 Å². The number of pyridine rings is 1. The Bertz CT molecular complexity index is 1980. The molecule has 7 heterocycles. The van der Waals surface area contributed by atoms with Crippen LogP contribution in [0.2, 0.25) is 0 Å². The van der Waals surface area contributed by atoms with Crippen molar-refractivity contribution in [1.29, 1.82) is 0 Å². The molecule has 62 heavy (non-hydrogen) atoms. The number of ether oxygens (including phenoxy) is 6. The van der Waals surface area contributed by atoms with E-state index in [2.05, 4.69) is 24.0 Å². The molecule has 0 aliphatic carbocycles. The van der Waals surface area contributed by atoms with Crippen LogP contribution in [0.4, 0.5) is 10.6 Å². The van der Waals surface area contributed by atoms with Crippen LogP contribution in [0.3, 0.4) is 0 Å². The highest BCUT2D eigenvalue weighted by Gasteiger charge is 2.60. The van der Waals surface area contributed by atoms with E-state index < -0.39 is 71.8 Å². The number of nitrogens with zero attached hydrogens (tertiary/aromatic N) is 5. The van der Waals surface area contributed by atoms with Crippen LogP contribution in [0.5, 0.6) is 0 Å². The Hall–Kier alpha value is -3.71. The van der Waals surface area contributed by atoms with E-state index in [-0.39, 0.29) is 43.8 Å². The van der Waals surface area contributed by atoms with Crippen molar-refractivity contribution in [3.05, 3.63) is 35.2 Å². The quantitative estimate of drug-likeness (QED) is 0.248. The Morgan fingerprint density at radius 2 is 1.85 bits per heavy atom. The van der Waals surface area contributed by atoms with Crippen molar-refractivity contribution in [3.63, 3.8) is 0 Å². The number of oxime groups is 1. The number of carbonyl (C=O) groups excluding carboxylic acids is 2. The number of carbonyl (C=O) groups is 2. The third-order valence-electron chi connectivity index (χ3n) is 13.6. The highest BCUT2D eigenvalue weighted by atomic mass is 32.1. The molecule has 2 aromatic heterocycles. The second-order valence-electron chi connectivity index (χ2n) is 18.5. The molecule has 2 aromatic rings. The summed E-state index contributed by atoms with van der Waals surface area (Å²) in [6.07, 6.45) is -3.50. The van der Waals surface area contributed by atoms with Gasteiger partial charge in [0.1, 0.15) is 23.7 Å². The first-order chi connectivity index (χ1) is 29.4. The number of aliphatic imine (C=N–C) groups is 1. The molecule has 5 aliphatic heterocycles. The van der Waals surface area contributed by atoms with E-state index in [1.54, 1.807) is 17.9 Å². The molecule has 1 amide bonds. The van der Waals surface area contributed by atoms with E-state index >= 15 is 0 Å². The largest absolute Gasteiger partial charge is 0.458 e. The summed E-state index contributed by atoms with van der Waals surface area (Å²) < 4.78 is 39.9. The second kappa shape index (κ2) is 18.8. The maximum absolute atomic E-state index is 14.6. The van der Waals surface area contributed by atoms with Gasteiger partial charge in [0.05, 0.1) is 66.2 Å². The van der Waals surface area contributed by atoms with Gasteiger partial charge in [-0.2, -0.15) is 0 Å². The predicted octanol–water partition coefficient (Wildman–Crippen LogP) is 5.55. The maximum Gasteiger partial charge on any atom is 0.410 e. The number of amides is 1. The highest BCUT2D eigenvalue weighted by Crippen LogP contribution is 2.45. The number of rotatable bonds is 8. The van der Waals surface area contributed by atoms with Gasteiger partial charge in [0.15, 0.2) is 18.5 Å². The molecule has 0 unspecified atom stereocenters. The average Bonchev–Trinajstić information content (AvgIpc) is 3.75. The van der Waals surface area contributed by atoms with Gasteiger partial charge in [-0.1, -0.05) is 38.9 Å². The zero-order chi connectivity index (χ0) is 44.7. The number of aliphatic hydroxyl groups is 1. The zero-order valence-electron chi connectivity index (χ0n) is 37.8. The lowest BCUT2D eigenvalue weighted by Crippen LogP contribution is -2.60. The van der Waals surface area contributed by atoms with E-state index in [1.807, 2.05) is 77.9 Å². The lowest BCUT2D eigenvalue weighted by Gasteiger charge is -2.48. The number of thiophene rings is 1. The first-order valence-corrected chi connectivity index (χ1v) is 22.9. The molecule has 3 N–H and O–H groups in total. The number of anilines is 1. The highest BCUT2D eigenvalue weighted by molar-refractivity contribution is 7.15. The fourth-order valence-corrected chi connectivity index (χ4v) is 11.5. The van der Waals surface area contributed by atoms with Crippen LogP contribution in [-0.4, -0.2) is 144 Å². The summed E-state index contributed by atoms with van der Waals surface area (Å²) in [7, 11) is 3.87. The third kappa shape index (κ3) is 9.26. The van der Waals surface area contributed by atoms with E-state index in [9.17, 15) is 14.7 Å². The fraction of sp³-hybridized carbons (Fsp3) is 0.711. The van der Waals surface area contributed by atoms with Crippen LogP contribution in [-0.2, 0) is 44.7 Å². The average molecular weight is 883 g/mol. The molecule has 16 nitrogen and oxygen atoms in total. The van der Waals surface area contributed by atoms with E-state index in [1.165, 1.54) is 11.3 Å². The molecule has 0 radical (unpaired) electrons. The van der Waals surface area contributed by atoms with Crippen molar-refractivity contribution in [3.8, 4) is 10.6 Å². The molecule has 4 saturated heterocycles. The Kier molecular flexibility index (Phi) is 14.0. The van der Waals surface area contributed by atoms with Gasteiger partial charge in [-0.05, 0) is 91.2 Å². The summed E-state index contributed by atoms with van der Waals surface area (Å²) >= 11 is 1.53. The standard InChI is InChI=1S/C45H66N6O10S/c1-11-34-45(8)39-26(4)36(47-17-18-51(39)43(54)61-45)24(2)20-44(7)40(60-42-37(52)32(50(9)10)19-25(3)58-42)27(5)38(28(6)41(53)59-34)55-21-29(22-56-44)49-57-23-30-15-16-33(62-30)31-13-12-14-35(46)48-31/h12-16,24-28,32,34,37-40,42,52H,11,17-23H2,1-10H3,(H2,46,48)/b49-29+/t24-,25+,26+,27+,28-,32-,34-,37+,38+,39-,40-,42-,44-,45-/m1/s1. The van der Waals surface area contributed by atoms with Gasteiger partial charge in [0.2, 0.25) is 0 Å². The molecule has 14 atom stereocenters. The second-order valence-corrected chi connectivity index (χ2v) is 19.7. The molecular formula is C45H66N6O10S.